The largest absolute Gasteiger partial charge is 0.496 e. The summed E-state index contributed by atoms with van der Waals surface area (Å²) in [4.78, 5) is 36.8. The van der Waals surface area contributed by atoms with Crippen LogP contribution in [0.3, 0.4) is 0 Å². The van der Waals surface area contributed by atoms with Gasteiger partial charge in [0.05, 0.1) is 12.8 Å². The van der Waals surface area contributed by atoms with Crippen molar-refractivity contribution in [3.05, 3.63) is 88.7 Å². The number of nitrogens with zero attached hydrogens (tertiary/aromatic N) is 2. The first-order chi connectivity index (χ1) is 19.8. The summed E-state index contributed by atoms with van der Waals surface area (Å²) in [5.41, 5.74) is 4.10. The number of hydrogen-bond donors (Lipinski definition) is 3. The van der Waals surface area contributed by atoms with Gasteiger partial charge in [0.2, 0.25) is 0 Å². The van der Waals surface area contributed by atoms with Gasteiger partial charge in [-0.05, 0) is 61.7 Å². The lowest BCUT2D eigenvalue weighted by atomic mass is 9.92. The second-order valence-corrected chi connectivity index (χ2v) is 11.0. The van der Waals surface area contributed by atoms with E-state index in [1.165, 1.54) is 35.8 Å². The second-order valence-electron chi connectivity index (χ2n) is 9.77. The molecule has 222 valence electrons. The van der Waals surface area contributed by atoms with Crippen LogP contribution in [-0.4, -0.2) is 32.4 Å². The smallest absolute Gasteiger partial charge is 0.471 e. The molecule has 0 radical (unpaired) electrons. The Morgan fingerprint density at radius 1 is 1.05 bits per heavy atom. The van der Waals surface area contributed by atoms with Crippen molar-refractivity contribution in [2.75, 3.05) is 12.4 Å². The predicted octanol–water partition coefficient (Wildman–Crippen LogP) is 6.97. The van der Waals surface area contributed by atoms with Crippen LogP contribution in [-0.2, 0) is 21.7 Å². The molecule has 3 aromatic carbocycles. The monoisotopic (exact) mass is 599 g/mol. The highest BCUT2D eigenvalue weighted by Crippen LogP contribution is 2.41. The van der Waals surface area contributed by atoms with E-state index in [2.05, 4.69) is 10.3 Å². The van der Waals surface area contributed by atoms with Crippen molar-refractivity contribution in [3.63, 3.8) is 0 Å². The highest BCUT2D eigenvalue weighted by molar-refractivity contribution is 7.46. The first-order valence-electron chi connectivity index (χ1n) is 13.1. The number of aromatic nitrogens is 2. The lowest BCUT2D eigenvalue weighted by Crippen LogP contribution is -2.16. The fraction of sp³-hybridized carbons (Fsp3) is 0.267. The summed E-state index contributed by atoms with van der Waals surface area (Å²) >= 11 is 0. The summed E-state index contributed by atoms with van der Waals surface area (Å²) in [7, 11) is -3.33. The van der Waals surface area contributed by atoms with Crippen LogP contribution in [0.4, 0.5) is 14.5 Å². The summed E-state index contributed by atoms with van der Waals surface area (Å²) in [5, 5.41) is 2.62. The minimum Gasteiger partial charge on any atom is -0.496 e. The molecule has 1 amide bonds. The highest BCUT2D eigenvalue weighted by Gasteiger charge is 2.30. The van der Waals surface area contributed by atoms with Crippen molar-refractivity contribution < 1.29 is 37.2 Å². The van der Waals surface area contributed by atoms with Crippen LogP contribution in [0.1, 0.15) is 46.2 Å². The van der Waals surface area contributed by atoms with Crippen molar-refractivity contribution in [3.8, 4) is 28.3 Å². The fourth-order valence-corrected chi connectivity index (χ4v) is 5.02. The van der Waals surface area contributed by atoms with E-state index in [4.69, 9.17) is 9.26 Å². The topological polar surface area (TPSA) is 123 Å². The normalized spacial score (nSPS) is 11.9. The molecule has 0 bridgehead atoms. The van der Waals surface area contributed by atoms with Gasteiger partial charge in [-0.2, -0.15) is 0 Å². The number of carbonyl (C=O) groups excluding carboxylic acids is 1. The first kappa shape index (κ1) is 31.1. The SMILES string of the molecule is CCC(F)(F)c1cccc(NC(=O)c2nc(-c3ccc(OC)c(-c4ccccc4C)c3C)n(COP(=O)(O)O)c2C)c1. The number of amides is 1. The Bertz CT molecular complexity index is 1680. The number of phosphoric ester groups is 1. The third kappa shape index (κ3) is 6.44. The quantitative estimate of drug-likeness (QED) is 0.168. The number of rotatable bonds is 10. The van der Waals surface area contributed by atoms with Crippen LogP contribution in [0.25, 0.3) is 22.5 Å². The number of phosphoric acid groups is 1. The van der Waals surface area contributed by atoms with Crippen molar-refractivity contribution in [1.29, 1.82) is 0 Å². The molecule has 0 saturated carbocycles. The number of alkyl halides is 2. The van der Waals surface area contributed by atoms with E-state index in [1.54, 1.807) is 26.2 Å². The van der Waals surface area contributed by atoms with Crippen LogP contribution < -0.4 is 10.1 Å². The minimum absolute atomic E-state index is 0.0698. The molecule has 42 heavy (non-hydrogen) atoms. The number of hydrogen-bond acceptors (Lipinski definition) is 5. The van der Waals surface area contributed by atoms with Gasteiger partial charge in [-0.15, -0.1) is 0 Å². The third-order valence-electron chi connectivity index (χ3n) is 7.08. The van der Waals surface area contributed by atoms with E-state index < -0.39 is 32.8 Å². The van der Waals surface area contributed by atoms with Crippen molar-refractivity contribution in [1.82, 2.24) is 9.55 Å². The zero-order valence-electron chi connectivity index (χ0n) is 23.8. The minimum atomic E-state index is -4.88. The molecule has 0 aliphatic heterocycles. The Balaban J connectivity index is 1.84. The molecule has 12 heteroatoms. The van der Waals surface area contributed by atoms with Gasteiger partial charge in [-0.3, -0.25) is 9.32 Å². The molecule has 0 spiro atoms. The third-order valence-corrected chi connectivity index (χ3v) is 7.53. The van der Waals surface area contributed by atoms with Gasteiger partial charge in [0.15, 0.2) is 0 Å². The standard InChI is InChI=1S/C30H32F2N3O6P/c1-6-30(31,32)21-11-9-12-22(16-21)33-29(36)27-20(4)35(17-41-42(37,38)39)28(34-27)24-14-15-25(40-5)26(19(24)3)23-13-8-7-10-18(23)2/h7-16H,6,17H2,1-5H3,(H,33,36)(H2,37,38,39). The van der Waals surface area contributed by atoms with Crippen LogP contribution in [0, 0.1) is 20.8 Å². The molecular formula is C30H32F2N3O6P. The molecule has 4 rings (SSSR count). The number of carbonyl (C=O) groups is 1. The summed E-state index contributed by atoms with van der Waals surface area (Å²) in [6.45, 7) is 6.14. The Morgan fingerprint density at radius 2 is 1.76 bits per heavy atom. The van der Waals surface area contributed by atoms with Gasteiger partial charge in [0.1, 0.15) is 24.0 Å². The highest BCUT2D eigenvalue weighted by atomic mass is 31.2. The number of ether oxygens (including phenoxy) is 1. The lowest BCUT2D eigenvalue weighted by molar-refractivity contribution is -0.00825. The lowest BCUT2D eigenvalue weighted by Gasteiger charge is -2.18. The summed E-state index contributed by atoms with van der Waals surface area (Å²) < 4.78 is 52.0. The van der Waals surface area contributed by atoms with Gasteiger partial charge >= 0.3 is 7.82 Å². The molecule has 1 heterocycles. The number of anilines is 1. The Labute approximate surface area is 242 Å². The number of imidazole rings is 1. The van der Waals surface area contributed by atoms with E-state index in [9.17, 15) is 27.9 Å². The summed E-state index contributed by atoms with van der Waals surface area (Å²) in [6, 6.07) is 16.6. The predicted molar refractivity (Wildman–Crippen MR) is 156 cm³/mol. The molecule has 0 atom stereocenters. The number of aryl methyl sites for hydroxylation is 1. The van der Waals surface area contributed by atoms with Crippen LogP contribution >= 0.6 is 7.82 Å². The van der Waals surface area contributed by atoms with Gasteiger partial charge in [0, 0.05) is 28.8 Å². The van der Waals surface area contributed by atoms with E-state index in [0.29, 0.717) is 11.3 Å². The first-order valence-corrected chi connectivity index (χ1v) is 14.6. The van der Waals surface area contributed by atoms with Crippen molar-refractivity contribution >= 4 is 19.4 Å². The van der Waals surface area contributed by atoms with Crippen LogP contribution in [0.5, 0.6) is 5.75 Å². The molecule has 0 aliphatic carbocycles. The van der Waals surface area contributed by atoms with Gasteiger partial charge in [0.25, 0.3) is 11.8 Å². The zero-order chi connectivity index (χ0) is 30.8. The van der Waals surface area contributed by atoms with E-state index >= 15 is 0 Å². The summed E-state index contributed by atoms with van der Waals surface area (Å²) in [5.74, 6) is -2.93. The van der Waals surface area contributed by atoms with Gasteiger partial charge < -0.3 is 24.4 Å². The number of methoxy groups -OCH3 is 1. The average molecular weight is 600 g/mol. The number of benzene rings is 3. The number of nitrogens with one attached hydrogen (secondary N) is 1. The molecule has 4 aromatic rings. The Morgan fingerprint density at radius 3 is 2.40 bits per heavy atom. The molecular weight excluding hydrogens is 567 g/mol. The Kier molecular flexibility index (Phi) is 8.98. The van der Waals surface area contributed by atoms with Gasteiger partial charge in [-0.1, -0.05) is 43.3 Å². The maximum Gasteiger partial charge on any atom is 0.471 e. The van der Waals surface area contributed by atoms with E-state index in [-0.39, 0.29) is 28.5 Å². The number of halogens is 2. The second kappa shape index (κ2) is 12.1. The van der Waals surface area contributed by atoms with Crippen molar-refractivity contribution in [2.45, 2.75) is 46.8 Å². The van der Waals surface area contributed by atoms with Crippen molar-refractivity contribution in [2.24, 2.45) is 0 Å². The molecule has 0 aliphatic rings. The fourth-order valence-electron chi connectivity index (χ4n) is 4.75. The molecule has 9 nitrogen and oxygen atoms in total. The van der Waals surface area contributed by atoms with E-state index in [1.807, 2.05) is 38.1 Å². The Hall–Kier alpha value is -3.89. The average Bonchev–Trinajstić information content (AvgIpc) is 3.27. The molecule has 1 aromatic heterocycles. The van der Waals surface area contributed by atoms with Gasteiger partial charge in [-0.25, -0.2) is 18.3 Å². The molecule has 0 saturated heterocycles. The van der Waals surface area contributed by atoms with Crippen LogP contribution in [0.2, 0.25) is 0 Å². The molecule has 0 unspecified atom stereocenters. The zero-order valence-corrected chi connectivity index (χ0v) is 24.7. The molecule has 0 fully saturated rings. The molecule has 3 N–H and O–H groups in total. The maximum atomic E-state index is 14.3. The van der Waals surface area contributed by atoms with E-state index in [0.717, 1.165) is 22.3 Å². The maximum absolute atomic E-state index is 14.3. The van der Waals surface area contributed by atoms with Crippen LogP contribution in [0.15, 0.2) is 60.7 Å². The summed E-state index contributed by atoms with van der Waals surface area (Å²) in [6.07, 6.45) is -0.400.